The van der Waals surface area contributed by atoms with Gasteiger partial charge in [-0.1, -0.05) is 6.07 Å². The molecule has 0 atom stereocenters. The average Bonchev–Trinajstić information content (AvgIpc) is 3.33. The summed E-state index contributed by atoms with van der Waals surface area (Å²) in [5.41, 5.74) is 8.56. The van der Waals surface area contributed by atoms with E-state index in [1.807, 2.05) is 37.3 Å². The molecule has 4 heteroatoms. The minimum absolute atomic E-state index is 0.156. The molecule has 1 aliphatic carbocycles. The zero-order valence-electron chi connectivity index (χ0n) is 12.6. The van der Waals surface area contributed by atoms with E-state index in [0.29, 0.717) is 11.3 Å². The lowest BCUT2D eigenvalue weighted by Crippen LogP contribution is -2.13. The predicted octanol–water partition coefficient (Wildman–Crippen LogP) is 3.62. The summed E-state index contributed by atoms with van der Waals surface area (Å²) in [5, 5.41) is 2.88. The number of anilines is 2. The molecule has 114 valence electrons. The molecule has 2 aromatic carbocycles. The highest BCUT2D eigenvalue weighted by atomic mass is 16.5. The summed E-state index contributed by atoms with van der Waals surface area (Å²) in [4.78, 5) is 12.3. The van der Waals surface area contributed by atoms with Crippen LogP contribution in [0.3, 0.4) is 0 Å². The summed E-state index contributed by atoms with van der Waals surface area (Å²) in [5.74, 6) is 1.41. The number of amides is 1. The highest BCUT2D eigenvalue weighted by Crippen LogP contribution is 2.29. The molecule has 0 aromatic heterocycles. The first-order chi connectivity index (χ1) is 10.6. The zero-order chi connectivity index (χ0) is 15.5. The van der Waals surface area contributed by atoms with Crippen molar-refractivity contribution in [3.63, 3.8) is 0 Å². The first-order valence-corrected chi connectivity index (χ1v) is 7.52. The van der Waals surface area contributed by atoms with Gasteiger partial charge in [0.25, 0.3) is 5.91 Å². The maximum absolute atomic E-state index is 12.3. The topological polar surface area (TPSA) is 64.4 Å². The number of ether oxygens (including phenoxy) is 1. The Morgan fingerprint density at radius 1 is 1.23 bits per heavy atom. The number of hydrogen-bond donors (Lipinski definition) is 2. The van der Waals surface area contributed by atoms with Crippen LogP contribution in [0.2, 0.25) is 0 Å². The molecule has 0 aliphatic heterocycles. The van der Waals surface area contributed by atoms with Gasteiger partial charge in [-0.25, -0.2) is 0 Å². The van der Waals surface area contributed by atoms with Gasteiger partial charge in [0, 0.05) is 16.9 Å². The summed E-state index contributed by atoms with van der Waals surface area (Å²) < 4.78 is 5.68. The number of nitrogen functional groups attached to an aromatic ring is 1. The molecule has 1 saturated carbocycles. The van der Waals surface area contributed by atoms with Crippen LogP contribution in [0.25, 0.3) is 0 Å². The van der Waals surface area contributed by atoms with Gasteiger partial charge in [0.1, 0.15) is 5.75 Å². The monoisotopic (exact) mass is 296 g/mol. The number of nitrogens with one attached hydrogen (secondary N) is 1. The molecular formula is C18H20N2O2. The molecule has 0 heterocycles. The summed E-state index contributed by atoms with van der Waals surface area (Å²) in [7, 11) is 0. The zero-order valence-corrected chi connectivity index (χ0v) is 12.6. The Labute approximate surface area is 130 Å². The summed E-state index contributed by atoms with van der Waals surface area (Å²) in [6.07, 6.45) is 2.54. The van der Waals surface area contributed by atoms with Crippen molar-refractivity contribution >= 4 is 17.3 Å². The van der Waals surface area contributed by atoms with Crippen molar-refractivity contribution in [3.05, 3.63) is 53.6 Å². The number of aryl methyl sites for hydroxylation is 1. The van der Waals surface area contributed by atoms with Crippen LogP contribution in [-0.2, 0) is 0 Å². The minimum Gasteiger partial charge on any atom is -0.493 e. The van der Waals surface area contributed by atoms with E-state index in [1.54, 1.807) is 12.1 Å². The second-order valence-corrected chi connectivity index (χ2v) is 5.81. The summed E-state index contributed by atoms with van der Waals surface area (Å²) in [6, 6.07) is 12.8. The molecule has 3 rings (SSSR count). The van der Waals surface area contributed by atoms with E-state index in [1.165, 1.54) is 12.8 Å². The predicted molar refractivity (Wildman–Crippen MR) is 88.2 cm³/mol. The molecule has 4 nitrogen and oxygen atoms in total. The lowest BCUT2D eigenvalue weighted by molar-refractivity contribution is 0.102. The van der Waals surface area contributed by atoms with Gasteiger partial charge in [-0.15, -0.1) is 0 Å². The third-order valence-electron chi connectivity index (χ3n) is 3.80. The molecule has 0 spiro atoms. The maximum atomic E-state index is 12.3. The van der Waals surface area contributed by atoms with Crippen molar-refractivity contribution in [3.8, 4) is 5.75 Å². The van der Waals surface area contributed by atoms with Gasteiger partial charge in [0.15, 0.2) is 0 Å². The lowest BCUT2D eigenvalue weighted by Gasteiger charge is -2.10. The van der Waals surface area contributed by atoms with E-state index in [0.717, 1.165) is 29.5 Å². The Morgan fingerprint density at radius 3 is 2.64 bits per heavy atom. The maximum Gasteiger partial charge on any atom is 0.256 e. The first-order valence-electron chi connectivity index (χ1n) is 7.52. The highest BCUT2D eigenvalue weighted by Gasteiger charge is 2.21. The number of rotatable bonds is 5. The molecule has 22 heavy (non-hydrogen) atoms. The molecule has 0 bridgehead atoms. The van der Waals surface area contributed by atoms with Gasteiger partial charge < -0.3 is 15.8 Å². The van der Waals surface area contributed by atoms with Crippen molar-refractivity contribution in [2.24, 2.45) is 5.92 Å². The Kier molecular flexibility index (Phi) is 4.00. The highest BCUT2D eigenvalue weighted by molar-refractivity contribution is 6.05. The fourth-order valence-electron chi connectivity index (χ4n) is 2.22. The van der Waals surface area contributed by atoms with Gasteiger partial charge in [0.2, 0.25) is 0 Å². The van der Waals surface area contributed by atoms with Crippen LogP contribution in [0.1, 0.15) is 28.8 Å². The number of hydrogen-bond acceptors (Lipinski definition) is 3. The van der Waals surface area contributed by atoms with Crippen LogP contribution in [0.4, 0.5) is 11.4 Å². The number of carbonyl (C=O) groups is 1. The fourth-order valence-corrected chi connectivity index (χ4v) is 2.22. The van der Waals surface area contributed by atoms with E-state index in [-0.39, 0.29) is 5.91 Å². The number of benzene rings is 2. The van der Waals surface area contributed by atoms with Crippen LogP contribution in [0.5, 0.6) is 5.75 Å². The van der Waals surface area contributed by atoms with Crippen LogP contribution in [0.15, 0.2) is 42.5 Å². The minimum atomic E-state index is -0.156. The van der Waals surface area contributed by atoms with E-state index in [2.05, 4.69) is 5.32 Å². The fraction of sp³-hybridized carbons (Fsp3) is 0.278. The van der Waals surface area contributed by atoms with Crippen LogP contribution < -0.4 is 15.8 Å². The van der Waals surface area contributed by atoms with Crippen molar-refractivity contribution in [2.45, 2.75) is 19.8 Å². The molecule has 1 amide bonds. The third kappa shape index (κ3) is 3.58. The van der Waals surface area contributed by atoms with Gasteiger partial charge >= 0.3 is 0 Å². The van der Waals surface area contributed by atoms with Gasteiger partial charge in [-0.2, -0.15) is 0 Å². The van der Waals surface area contributed by atoms with Crippen LogP contribution in [0, 0.1) is 12.8 Å². The standard InChI is InChI=1S/C18H20N2O2/c1-12-2-5-14(19)10-17(12)18(21)20-15-6-8-16(9-7-15)22-11-13-3-4-13/h2,5-10,13H,3-4,11,19H2,1H3,(H,20,21). The number of nitrogens with two attached hydrogens (primary N) is 1. The molecule has 3 N–H and O–H groups in total. The molecule has 0 saturated heterocycles. The molecular weight excluding hydrogens is 276 g/mol. The van der Waals surface area contributed by atoms with Crippen molar-refractivity contribution in [1.29, 1.82) is 0 Å². The molecule has 1 aliphatic rings. The van der Waals surface area contributed by atoms with Gasteiger partial charge in [-0.05, 0) is 67.6 Å². The molecule has 0 radical (unpaired) electrons. The van der Waals surface area contributed by atoms with Gasteiger partial charge in [0.05, 0.1) is 6.61 Å². The Balaban J connectivity index is 1.64. The molecule has 2 aromatic rings. The van der Waals surface area contributed by atoms with Crippen LogP contribution >= 0.6 is 0 Å². The third-order valence-corrected chi connectivity index (χ3v) is 3.80. The number of carbonyl (C=O) groups excluding carboxylic acids is 1. The molecule has 0 unspecified atom stereocenters. The van der Waals surface area contributed by atoms with E-state index in [9.17, 15) is 4.79 Å². The Morgan fingerprint density at radius 2 is 1.95 bits per heavy atom. The normalized spacial score (nSPS) is 13.7. The lowest BCUT2D eigenvalue weighted by atomic mass is 10.1. The van der Waals surface area contributed by atoms with E-state index >= 15 is 0 Å². The first kappa shape index (κ1) is 14.4. The largest absolute Gasteiger partial charge is 0.493 e. The average molecular weight is 296 g/mol. The SMILES string of the molecule is Cc1ccc(N)cc1C(=O)Nc1ccc(OCC2CC2)cc1. The van der Waals surface area contributed by atoms with E-state index in [4.69, 9.17) is 10.5 Å². The van der Waals surface area contributed by atoms with Crippen molar-refractivity contribution < 1.29 is 9.53 Å². The summed E-state index contributed by atoms with van der Waals surface area (Å²) >= 11 is 0. The van der Waals surface area contributed by atoms with Crippen molar-refractivity contribution in [2.75, 3.05) is 17.7 Å². The van der Waals surface area contributed by atoms with E-state index < -0.39 is 0 Å². The smallest absolute Gasteiger partial charge is 0.256 e. The second-order valence-electron chi connectivity index (χ2n) is 5.81. The van der Waals surface area contributed by atoms with Crippen LogP contribution in [-0.4, -0.2) is 12.5 Å². The summed E-state index contributed by atoms with van der Waals surface area (Å²) in [6.45, 7) is 2.68. The Hall–Kier alpha value is -2.49. The van der Waals surface area contributed by atoms with Gasteiger partial charge in [-0.3, -0.25) is 4.79 Å². The Bertz CT molecular complexity index is 676. The quantitative estimate of drug-likeness (QED) is 0.828. The van der Waals surface area contributed by atoms with Crippen molar-refractivity contribution in [1.82, 2.24) is 0 Å². The second kappa shape index (κ2) is 6.10. The molecule has 1 fully saturated rings.